The molecule has 8 heteroatoms. The van der Waals surface area contributed by atoms with Gasteiger partial charge < -0.3 is 13.9 Å². The van der Waals surface area contributed by atoms with Crippen molar-refractivity contribution in [2.75, 3.05) is 13.2 Å². The van der Waals surface area contributed by atoms with Crippen LogP contribution in [0.5, 0.6) is 0 Å². The van der Waals surface area contributed by atoms with Gasteiger partial charge in [-0.05, 0) is 70.2 Å². The van der Waals surface area contributed by atoms with E-state index in [4.69, 9.17) is 13.9 Å². The van der Waals surface area contributed by atoms with Gasteiger partial charge in [-0.1, -0.05) is 58.0 Å². The summed E-state index contributed by atoms with van der Waals surface area (Å²) in [4.78, 5) is 39.8. The second-order valence-electron chi connectivity index (χ2n) is 11.2. The van der Waals surface area contributed by atoms with Crippen molar-refractivity contribution in [3.05, 3.63) is 35.9 Å². The number of unbranched alkanes of at least 4 members (excludes halogenated alkanes) is 1. The number of carbonyl (C=O) groups is 3. The van der Waals surface area contributed by atoms with E-state index in [-0.39, 0.29) is 30.6 Å². The normalized spacial score (nSPS) is 17.9. The van der Waals surface area contributed by atoms with Gasteiger partial charge >= 0.3 is 12.1 Å². The average molecular weight is 534 g/mol. The van der Waals surface area contributed by atoms with Crippen LogP contribution in [0.1, 0.15) is 73.3 Å². The lowest BCUT2D eigenvalue weighted by atomic mass is 9.96. The third-order valence-corrected chi connectivity index (χ3v) is 12.2. The van der Waals surface area contributed by atoms with Gasteiger partial charge in [-0.2, -0.15) is 0 Å². The second kappa shape index (κ2) is 14.1. The second-order valence-corrected chi connectivity index (χ2v) is 15.9. The van der Waals surface area contributed by atoms with Crippen molar-refractivity contribution in [1.82, 2.24) is 4.90 Å². The van der Waals surface area contributed by atoms with Crippen LogP contribution in [0.4, 0.5) is 4.79 Å². The molecule has 1 aromatic rings. The molecule has 1 saturated heterocycles. The molecule has 0 radical (unpaired) electrons. The average Bonchev–Trinajstić information content (AvgIpc) is 3.24. The fourth-order valence-corrected chi connectivity index (χ4v) is 7.67. The van der Waals surface area contributed by atoms with Crippen molar-refractivity contribution >= 4 is 26.3 Å². The summed E-state index contributed by atoms with van der Waals surface area (Å²) in [5, 5.41) is 0. The molecular weight excluding hydrogens is 486 g/mol. The van der Waals surface area contributed by atoms with E-state index in [1.165, 1.54) is 4.90 Å². The van der Waals surface area contributed by atoms with Gasteiger partial charge in [0.05, 0.1) is 30.1 Å². The first-order chi connectivity index (χ1) is 17.5. The first-order valence-corrected chi connectivity index (χ1v) is 16.4. The minimum absolute atomic E-state index is 0.203. The highest BCUT2D eigenvalue weighted by molar-refractivity contribution is 6.73. The molecule has 2 rings (SSSR count). The number of amides is 2. The Labute approximate surface area is 224 Å². The molecule has 0 aromatic heterocycles. The van der Waals surface area contributed by atoms with E-state index < -0.39 is 25.7 Å². The summed E-state index contributed by atoms with van der Waals surface area (Å²) in [5.74, 6) is -0.938. The van der Waals surface area contributed by atoms with Crippen LogP contribution in [0.25, 0.3) is 0 Å². The monoisotopic (exact) mass is 533 g/mol. The molecular formula is C29H47NO6Si. The Morgan fingerprint density at radius 1 is 1.08 bits per heavy atom. The van der Waals surface area contributed by atoms with Crippen LogP contribution < -0.4 is 0 Å². The number of nitrogens with zero attached hydrogens (tertiary/aromatic N) is 1. The quantitative estimate of drug-likeness (QED) is 0.157. The maximum absolute atomic E-state index is 13.7. The highest BCUT2D eigenvalue weighted by atomic mass is 28.4. The molecule has 2 amide bonds. The van der Waals surface area contributed by atoms with E-state index >= 15 is 0 Å². The van der Waals surface area contributed by atoms with Crippen LogP contribution in [0.15, 0.2) is 30.3 Å². The molecule has 0 spiro atoms. The third-order valence-electron chi connectivity index (χ3n) is 7.52. The summed E-state index contributed by atoms with van der Waals surface area (Å²) in [5.41, 5.74) is 0.533. The summed E-state index contributed by atoms with van der Waals surface area (Å²) in [7, 11) is -2.01. The van der Waals surface area contributed by atoms with Crippen molar-refractivity contribution in [3.63, 3.8) is 0 Å². The van der Waals surface area contributed by atoms with E-state index in [1.807, 2.05) is 58.0 Å². The number of hydrogen-bond donors (Lipinski definition) is 0. The molecule has 208 valence electrons. The third kappa shape index (κ3) is 8.67. The number of esters is 1. The van der Waals surface area contributed by atoms with Crippen LogP contribution >= 0.6 is 0 Å². The molecule has 1 aliphatic heterocycles. The van der Waals surface area contributed by atoms with Gasteiger partial charge in [0, 0.05) is 0 Å². The van der Waals surface area contributed by atoms with Crippen molar-refractivity contribution in [1.29, 1.82) is 0 Å². The number of carbonyl (C=O) groups excluding carboxylic acids is 3. The van der Waals surface area contributed by atoms with Gasteiger partial charge in [0.1, 0.15) is 6.61 Å². The smallest absolute Gasteiger partial charge is 0.416 e. The Bertz CT molecular complexity index is 872. The molecule has 0 saturated carbocycles. The molecule has 0 N–H and O–H groups in total. The topological polar surface area (TPSA) is 82.1 Å². The van der Waals surface area contributed by atoms with E-state index in [0.29, 0.717) is 25.9 Å². The summed E-state index contributed by atoms with van der Waals surface area (Å²) >= 11 is 0. The molecule has 0 unspecified atom stereocenters. The van der Waals surface area contributed by atoms with E-state index in [1.54, 1.807) is 0 Å². The van der Waals surface area contributed by atoms with Gasteiger partial charge in [-0.3, -0.25) is 9.59 Å². The van der Waals surface area contributed by atoms with Crippen molar-refractivity contribution in [2.45, 2.75) is 104 Å². The summed E-state index contributed by atoms with van der Waals surface area (Å²) in [6.07, 6.45) is 1.82. The van der Waals surface area contributed by atoms with Crippen LogP contribution in [-0.2, 0) is 29.9 Å². The highest BCUT2D eigenvalue weighted by Crippen LogP contribution is 2.30. The standard InChI is InChI=1S/C29H47NO6Si/c1-8-37(9-2,10-3)36-25(18-14-15-19-34-27(32)29(5,6)7)22(4)26(31)30-24(21-35-28(30)33)20-23-16-12-11-13-17-23/h11-13,16-17,22,24-25H,8-10,14-15,18-21H2,1-7H3/t22-,24-,25+/m0/s1. The number of imide groups is 1. The fraction of sp³-hybridized carbons (Fsp3) is 0.690. The summed E-state index contributed by atoms with van der Waals surface area (Å²) in [6, 6.07) is 12.4. The van der Waals surface area contributed by atoms with E-state index in [9.17, 15) is 14.4 Å². The molecule has 7 nitrogen and oxygen atoms in total. The number of cyclic esters (lactones) is 1. The molecule has 37 heavy (non-hydrogen) atoms. The molecule has 3 atom stereocenters. The zero-order valence-corrected chi connectivity index (χ0v) is 24.9. The molecule has 1 aliphatic rings. The predicted molar refractivity (Wildman–Crippen MR) is 148 cm³/mol. The zero-order valence-electron chi connectivity index (χ0n) is 23.9. The van der Waals surface area contributed by atoms with Gasteiger partial charge in [-0.15, -0.1) is 0 Å². The van der Waals surface area contributed by atoms with Crippen LogP contribution in [0, 0.1) is 11.3 Å². The zero-order chi connectivity index (χ0) is 27.6. The first kappa shape index (κ1) is 31.0. The van der Waals surface area contributed by atoms with Gasteiger partial charge in [0.25, 0.3) is 0 Å². The van der Waals surface area contributed by atoms with Gasteiger partial charge in [0.15, 0.2) is 8.32 Å². The van der Waals surface area contributed by atoms with Crippen LogP contribution in [0.3, 0.4) is 0 Å². The number of ether oxygens (including phenoxy) is 2. The van der Waals surface area contributed by atoms with Gasteiger partial charge in [-0.25, -0.2) is 9.69 Å². The lowest BCUT2D eigenvalue weighted by molar-refractivity contribution is -0.153. The summed E-state index contributed by atoms with van der Waals surface area (Å²) in [6.45, 7) is 14.4. The molecule has 1 heterocycles. The Hall–Kier alpha value is -2.19. The number of hydrogen-bond acceptors (Lipinski definition) is 6. The van der Waals surface area contributed by atoms with Crippen molar-refractivity contribution in [2.24, 2.45) is 11.3 Å². The fourth-order valence-electron chi connectivity index (χ4n) is 4.71. The van der Waals surface area contributed by atoms with Crippen LogP contribution in [0.2, 0.25) is 18.1 Å². The number of benzene rings is 1. The predicted octanol–water partition coefficient (Wildman–Crippen LogP) is 6.36. The Morgan fingerprint density at radius 3 is 2.27 bits per heavy atom. The Balaban J connectivity index is 2.12. The van der Waals surface area contributed by atoms with Crippen LogP contribution in [-0.4, -0.2) is 56.5 Å². The molecule has 1 fully saturated rings. The minimum atomic E-state index is -2.01. The van der Waals surface area contributed by atoms with Gasteiger partial charge in [0.2, 0.25) is 5.91 Å². The largest absolute Gasteiger partial charge is 0.465 e. The minimum Gasteiger partial charge on any atom is -0.465 e. The molecule has 1 aromatic carbocycles. The molecule has 0 aliphatic carbocycles. The summed E-state index contributed by atoms with van der Waals surface area (Å²) < 4.78 is 17.6. The van der Waals surface area contributed by atoms with Crippen molar-refractivity contribution < 1.29 is 28.3 Å². The lowest BCUT2D eigenvalue weighted by Gasteiger charge is -2.36. The van der Waals surface area contributed by atoms with Crippen molar-refractivity contribution in [3.8, 4) is 0 Å². The number of rotatable bonds is 14. The maximum atomic E-state index is 13.7. The Kier molecular flexibility index (Phi) is 11.8. The first-order valence-electron chi connectivity index (χ1n) is 13.9. The highest BCUT2D eigenvalue weighted by Gasteiger charge is 2.43. The molecule has 0 bridgehead atoms. The lowest BCUT2D eigenvalue weighted by Crippen LogP contribution is -2.49. The van der Waals surface area contributed by atoms with E-state index in [0.717, 1.165) is 30.1 Å². The maximum Gasteiger partial charge on any atom is 0.416 e. The SMILES string of the molecule is CC[Si](CC)(CC)O[C@H](CCCCOC(=O)C(C)(C)C)[C@H](C)C(=O)N1C(=O)OC[C@@H]1Cc1ccccc1. The van der Waals surface area contributed by atoms with E-state index in [2.05, 4.69) is 20.8 Å². The Morgan fingerprint density at radius 2 is 1.70 bits per heavy atom.